The first-order valence-corrected chi connectivity index (χ1v) is 6.88. The van der Waals surface area contributed by atoms with Gasteiger partial charge in [-0.1, -0.05) is 0 Å². The second kappa shape index (κ2) is 6.24. The molecule has 1 aliphatic heterocycles. The van der Waals surface area contributed by atoms with Gasteiger partial charge in [0.15, 0.2) is 0 Å². The van der Waals surface area contributed by atoms with E-state index in [2.05, 4.69) is 5.48 Å². The summed E-state index contributed by atoms with van der Waals surface area (Å²) in [7, 11) is 1.58. The summed E-state index contributed by atoms with van der Waals surface area (Å²) in [6, 6.07) is 1.12. The SMILES string of the molecule is CO[C@H]1C[C@@H](CC#N)C([N+](=O)[O-])C=C1C1=C(C)ON[C@@H]1C. The van der Waals surface area contributed by atoms with E-state index >= 15 is 0 Å². The van der Waals surface area contributed by atoms with Crippen molar-refractivity contribution in [3.63, 3.8) is 0 Å². The van der Waals surface area contributed by atoms with Gasteiger partial charge in [0.05, 0.1) is 18.2 Å². The van der Waals surface area contributed by atoms with Gasteiger partial charge in [-0.05, 0) is 31.9 Å². The van der Waals surface area contributed by atoms with E-state index in [4.69, 9.17) is 14.8 Å². The molecule has 0 spiro atoms. The number of nitriles is 1. The lowest BCUT2D eigenvalue weighted by Crippen LogP contribution is -2.38. The van der Waals surface area contributed by atoms with Crippen molar-refractivity contribution in [1.82, 2.24) is 5.48 Å². The Labute approximate surface area is 123 Å². The number of methoxy groups -OCH3 is 1. The number of nitro groups is 1. The number of rotatable bonds is 4. The van der Waals surface area contributed by atoms with Crippen LogP contribution in [0, 0.1) is 27.4 Å². The Morgan fingerprint density at radius 2 is 2.38 bits per heavy atom. The van der Waals surface area contributed by atoms with Crippen LogP contribution in [0.1, 0.15) is 26.7 Å². The highest BCUT2D eigenvalue weighted by Crippen LogP contribution is 2.37. The Bertz CT molecular complexity index is 535. The molecule has 0 amide bonds. The molecule has 2 rings (SSSR count). The third-order valence-corrected chi connectivity index (χ3v) is 4.09. The highest BCUT2D eigenvalue weighted by molar-refractivity contribution is 5.43. The summed E-state index contributed by atoms with van der Waals surface area (Å²) in [5, 5.41) is 20.2. The Morgan fingerprint density at radius 1 is 1.67 bits per heavy atom. The van der Waals surface area contributed by atoms with Crippen LogP contribution >= 0.6 is 0 Å². The Hall–Kier alpha value is -1.91. The van der Waals surface area contributed by atoms with Gasteiger partial charge in [0, 0.05) is 29.9 Å². The fraction of sp³-hybridized carbons (Fsp3) is 0.643. The number of allylic oxidation sites excluding steroid dienone is 1. The topological polar surface area (TPSA) is 97.4 Å². The molecular formula is C14H19N3O4. The second-order valence-corrected chi connectivity index (χ2v) is 5.39. The zero-order chi connectivity index (χ0) is 15.6. The molecule has 0 aromatic heterocycles. The van der Waals surface area contributed by atoms with E-state index in [1.165, 1.54) is 0 Å². The molecule has 0 saturated carbocycles. The number of ether oxygens (including phenoxy) is 1. The summed E-state index contributed by atoms with van der Waals surface area (Å²) in [4.78, 5) is 16.3. The molecule has 0 aromatic carbocycles. The average molecular weight is 293 g/mol. The van der Waals surface area contributed by atoms with Gasteiger partial charge in [0.25, 0.3) is 0 Å². The minimum Gasteiger partial charge on any atom is -0.413 e. The summed E-state index contributed by atoms with van der Waals surface area (Å²) in [5.41, 5.74) is 4.55. The van der Waals surface area contributed by atoms with Crippen molar-refractivity contribution in [2.24, 2.45) is 5.92 Å². The lowest BCUT2D eigenvalue weighted by molar-refractivity contribution is -0.520. The minimum atomic E-state index is -0.862. The summed E-state index contributed by atoms with van der Waals surface area (Å²) >= 11 is 0. The minimum absolute atomic E-state index is 0.0474. The van der Waals surface area contributed by atoms with Crippen LogP contribution in [0.3, 0.4) is 0 Å². The largest absolute Gasteiger partial charge is 0.413 e. The fourth-order valence-corrected chi connectivity index (χ4v) is 3.06. The molecule has 1 heterocycles. The molecule has 4 atom stereocenters. The summed E-state index contributed by atoms with van der Waals surface area (Å²) in [6.45, 7) is 3.75. The molecule has 21 heavy (non-hydrogen) atoms. The molecule has 1 N–H and O–H groups in total. The van der Waals surface area contributed by atoms with Crippen LogP contribution < -0.4 is 5.48 Å². The molecule has 0 aromatic rings. The molecule has 0 saturated heterocycles. The Kier molecular flexibility index (Phi) is 4.60. The average Bonchev–Trinajstić information content (AvgIpc) is 2.78. The molecule has 0 radical (unpaired) electrons. The Balaban J connectivity index is 2.42. The number of hydrogen-bond donors (Lipinski definition) is 1. The molecule has 114 valence electrons. The molecule has 0 fully saturated rings. The monoisotopic (exact) mass is 293 g/mol. The van der Waals surface area contributed by atoms with E-state index in [0.717, 1.165) is 11.1 Å². The first kappa shape index (κ1) is 15.5. The lowest BCUT2D eigenvalue weighted by atomic mass is 9.78. The van der Waals surface area contributed by atoms with Gasteiger partial charge < -0.3 is 9.57 Å². The van der Waals surface area contributed by atoms with E-state index in [-0.39, 0.29) is 29.4 Å². The number of hydrogen-bond acceptors (Lipinski definition) is 6. The first-order chi connectivity index (χ1) is 9.99. The van der Waals surface area contributed by atoms with Crippen LogP contribution in [-0.4, -0.2) is 30.2 Å². The van der Waals surface area contributed by atoms with E-state index in [1.54, 1.807) is 13.2 Å². The summed E-state index contributed by atoms with van der Waals surface area (Å²) in [6.07, 6.45) is 1.99. The standard InChI is InChI=1S/C14H19N3O4/c1-8-14(9(2)21-16-8)11-7-12(17(18)19)10(4-5-15)6-13(11)20-3/h7-8,10,12-13,16H,4,6H2,1-3H3/t8-,10-,12?,13+/m1/s1. The maximum Gasteiger partial charge on any atom is 0.235 e. The zero-order valence-electron chi connectivity index (χ0n) is 12.3. The van der Waals surface area contributed by atoms with Gasteiger partial charge in [-0.2, -0.15) is 5.26 Å². The smallest absolute Gasteiger partial charge is 0.235 e. The normalized spacial score (nSPS) is 32.4. The predicted octanol–water partition coefficient (Wildman–Crippen LogP) is 1.70. The van der Waals surface area contributed by atoms with Crippen LogP contribution in [0.2, 0.25) is 0 Å². The van der Waals surface area contributed by atoms with Gasteiger partial charge in [0.2, 0.25) is 6.04 Å². The number of nitrogens with one attached hydrogen (secondary N) is 1. The summed E-state index contributed by atoms with van der Waals surface area (Å²) in [5.74, 6) is 0.377. The van der Waals surface area contributed by atoms with Gasteiger partial charge in [-0.25, -0.2) is 0 Å². The third kappa shape index (κ3) is 2.91. The highest BCUT2D eigenvalue weighted by atomic mass is 16.7. The van der Waals surface area contributed by atoms with Gasteiger partial charge >= 0.3 is 0 Å². The van der Waals surface area contributed by atoms with Crippen molar-refractivity contribution >= 4 is 0 Å². The second-order valence-electron chi connectivity index (χ2n) is 5.39. The van der Waals surface area contributed by atoms with E-state index in [1.807, 2.05) is 19.9 Å². The van der Waals surface area contributed by atoms with Gasteiger partial charge in [0.1, 0.15) is 5.76 Å². The van der Waals surface area contributed by atoms with Crippen LogP contribution in [0.25, 0.3) is 0 Å². The molecule has 1 aliphatic carbocycles. The molecular weight excluding hydrogens is 274 g/mol. The van der Waals surface area contributed by atoms with E-state index in [9.17, 15) is 10.1 Å². The van der Waals surface area contributed by atoms with E-state index in [0.29, 0.717) is 12.2 Å². The quantitative estimate of drug-likeness (QED) is 0.626. The van der Waals surface area contributed by atoms with Crippen LogP contribution in [0.15, 0.2) is 23.0 Å². The molecule has 7 nitrogen and oxygen atoms in total. The number of nitrogens with zero attached hydrogens (tertiary/aromatic N) is 2. The van der Waals surface area contributed by atoms with Crippen molar-refractivity contribution in [2.75, 3.05) is 7.11 Å². The highest BCUT2D eigenvalue weighted by Gasteiger charge is 2.41. The first-order valence-electron chi connectivity index (χ1n) is 6.88. The lowest BCUT2D eigenvalue weighted by Gasteiger charge is -2.31. The van der Waals surface area contributed by atoms with Crippen molar-refractivity contribution in [3.8, 4) is 6.07 Å². The van der Waals surface area contributed by atoms with Crippen molar-refractivity contribution in [3.05, 3.63) is 33.1 Å². The van der Waals surface area contributed by atoms with Crippen molar-refractivity contribution in [2.45, 2.75) is 44.9 Å². The maximum absolute atomic E-state index is 11.3. The molecule has 1 unspecified atom stereocenters. The van der Waals surface area contributed by atoms with Crippen molar-refractivity contribution < 1.29 is 14.5 Å². The number of hydroxylamine groups is 1. The predicted molar refractivity (Wildman–Crippen MR) is 74.4 cm³/mol. The van der Waals surface area contributed by atoms with Gasteiger partial charge in [-0.3, -0.25) is 10.1 Å². The van der Waals surface area contributed by atoms with Gasteiger partial charge in [-0.15, -0.1) is 5.48 Å². The van der Waals surface area contributed by atoms with Crippen molar-refractivity contribution in [1.29, 1.82) is 5.26 Å². The van der Waals surface area contributed by atoms with Crippen LogP contribution in [0.4, 0.5) is 0 Å². The third-order valence-electron chi connectivity index (χ3n) is 4.09. The molecule has 2 aliphatic rings. The van der Waals surface area contributed by atoms with Crippen LogP contribution in [0.5, 0.6) is 0 Å². The maximum atomic E-state index is 11.3. The zero-order valence-corrected chi connectivity index (χ0v) is 12.3. The van der Waals surface area contributed by atoms with Crippen LogP contribution in [-0.2, 0) is 9.57 Å². The molecule has 7 heteroatoms. The Morgan fingerprint density at radius 3 is 2.86 bits per heavy atom. The summed E-state index contributed by atoms with van der Waals surface area (Å²) < 4.78 is 5.50. The van der Waals surface area contributed by atoms with E-state index < -0.39 is 6.04 Å². The fourth-order valence-electron chi connectivity index (χ4n) is 3.06. The molecule has 0 bridgehead atoms.